The number of aromatic nitrogens is 8. The average Bonchev–Trinajstić information content (AvgIpc) is 3.99. The summed E-state index contributed by atoms with van der Waals surface area (Å²) in [7, 11) is -2.32. The fourth-order valence-corrected chi connectivity index (χ4v) is 7.37. The number of hydrogen-bond donors (Lipinski definition) is 4. The normalized spacial score (nSPS) is 14.2. The fraction of sp³-hybridized carbons (Fsp3) is 0.489. The van der Waals surface area contributed by atoms with Crippen molar-refractivity contribution in [2.24, 2.45) is 5.92 Å². The van der Waals surface area contributed by atoms with Gasteiger partial charge in [-0.05, 0) is 74.2 Å². The molecular weight excluding hydrogens is 973 g/mol. The average molecular weight is 1030 g/mol. The molecule has 0 aliphatic rings. The van der Waals surface area contributed by atoms with Gasteiger partial charge in [-0.1, -0.05) is 17.2 Å². The van der Waals surface area contributed by atoms with Gasteiger partial charge in [0.1, 0.15) is 50.3 Å². The van der Waals surface area contributed by atoms with E-state index in [4.69, 9.17) is 33.1 Å². The van der Waals surface area contributed by atoms with Crippen molar-refractivity contribution < 1.29 is 75.4 Å². The van der Waals surface area contributed by atoms with Crippen molar-refractivity contribution in [1.29, 1.82) is 0 Å². The van der Waals surface area contributed by atoms with Gasteiger partial charge in [0.2, 0.25) is 0 Å². The maximum atomic E-state index is 13.9. The molecule has 0 aliphatic heterocycles. The number of methoxy groups -OCH3 is 1. The first-order valence-electron chi connectivity index (χ1n) is 22.0. The summed E-state index contributed by atoms with van der Waals surface area (Å²) in [6.07, 6.45) is -5.92. The summed E-state index contributed by atoms with van der Waals surface area (Å²) in [5.74, 6) is -2.94. The van der Waals surface area contributed by atoms with Crippen molar-refractivity contribution in [1.82, 2.24) is 39.4 Å². The Morgan fingerprint density at radius 1 is 0.681 bits per heavy atom. The lowest BCUT2D eigenvalue weighted by Crippen LogP contribution is -2.43. The van der Waals surface area contributed by atoms with Gasteiger partial charge in [0.25, 0.3) is 33.0 Å². The molecule has 27 heteroatoms. The molecule has 0 radical (unpaired) electrons. The number of fused-ring (bicyclic) bond motifs is 2. The number of benzene rings is 2. The largest absolute Gasteiger partial charge is 0.462 e. The quantitative estimate of drug-likeness (QED) is 0.0468. The van der Waals surface area contributed by atoms with E-state index in [2.05, 4.69) is 34.4 Å². The first kappa shape index (κ1) is 56.0. The second kappa shape index (κ2) is 24.0. The van der Waals surface area contributed by atoms with Crippen molar-refractivity contribution >= 4 is 50.1 Å². The number of rotatable bonds is 20. The Hall–Kier alpha value is -6.88. The highest BCUT2D eigenvalue weighted by Gasteiger charge is 2.34. The van der Waals surface area contributed by atoms with Crippen LogP contribution in [-0.2, 0) is 73.9 Å². The van der Waals surface area contributed by atoms with Crippen molar-refractivity contribution in [3.8, 4) is 23.2 Å². The molecule has 2 aromatic carbocycles. The Morgan fingerprint density at radius 3 is 1.58 bits per heavy atom. The van der Waals surface area contributed by atoms with Gasteiger partial charge in [-0.15, -0.1) is 0 Å². The third-order valence-electron chi connectivity index (χ3n) is 11.1. The maximum absolute atomic E-state index is 13.9. The van der Waals surface area contributed by atoms with E-state index in [0.717, 1.165) is 28.5 Å². The van der Waals surface area contributed by atoms with Crippen LogP contribution in [0.2, 0.25) is 0 Å². The summed E-state index contributed by atoms with van der Waals surface area (Å²) in [6.45, 7) is 10.6. The van der Waals surface area contributed by atoms with Gasteiger partial charge in [0.15, 0.2) is 23.0 Å². The molecule has 0 bridgehead atoms. The van der Waals surface area contributed by atoms with Crippen LogP contribution in [0.3, 0.4) is 0 Å². The zero-order valence-electron chi connectivity index (χ0n) is 41.0. The SMILES string of the molecule is CC(=O)OC[C@@H](OC(C)=O)[C@@H](C)[C@H](Cn1c(=O)c(-c2nc(COS(C)(=O)=O)no2)nc2cc(C)c(C)cc21)OC(C)=O.COCc1noc(-c2nc3cc(C)c(C)cc3n(C[C@H](O)[C@H](O)[C@H](O)CO)c2=O)n1. The standard InChI is InChI=1S/C26H32N4O11S.C19H24N4O7/c1-13-8-19-20(9-14(13)2)30(26(34)24(27-19)25-28-23(29-41-25)12-38-42(7,35)36)10-21(39-17(5)32)15(3)22(40-18(6)33)11-37-16(4)31;1-9-4-11-12(5-10(9)2)23(6-13(25)17(27)14(26)7-24)19(28)16(20-11)18-21-15(8-29-3)22-30-18/h8-9,15,21-22H,10-12H2,1-7H3;4-5,13-14,17,24-27H,6-8H2,1-3H3/t15-,21-,22+;13-,14+,17-/m00/s1. The molecule has 0 saturated heterocycles. The highest BCUT2D eigenvalue weighted by atomic mass is 32.2. The lowest BCUT2D eigenvalue weighted by atomic mass is 9.97. The van der Waals surface area contributed by atoms with Crippen LogP contribution in [0.1, 0.15) is 61.6 Å². The van der Waals surface area contributed by atoms with Crippen LogP contribution < -0.4 is 11.1 Å². The van der Waals surface area contributed by atoms with Gasteiger partial charge < -0.3 is 57.6 Å². The Labute approximate surface area is 410 Å². The lowest BCUT2D eigenvalue weighted by Gasteiger charge is -2.30. The van der Waals surface area contributed by atoms with Crippen LogP contribution in [0.4, 0.5) is 0 Å². The van der Waals surface area contributed by atoms with E-state index in [1.54, 1.807) is 31.2 Å². The Kier molecular flexibility index (Phi) is 18.7. The predicted octanol–water partition coefficient (Wildman–Crippen LogP) is 0.887. The van der Waals surface area contributed by atoms with Crippen molar-refractivity contribution in [3.63, 3.8) is 0 Å². The molecule has 0 spiro atoms. The van der Waals surface area contributed by atoms with Crippen LogP contribution in [0.25, 0.3) is 45.2 Å². The number of esters is 3. The van der Waals surface area contributed by atoms with Crippen molar-refractivity contribution in [2.75, 3.05) is 26.6 Å². The van der Waals surface area contributed by atoms with E-state index in [9.17, 15) is 47.7 Å². The van der Waals surface area contributed by atoms with Gasteiger partial charge in [-0.25, -0.2) is 9.97 Å². The van der Waals surface area contributed by atoms with Crippen LogP contribution in [0.15, 0.2) is 42.9 Å². The number of carbonyl (C=O) groups excluding carboxylic acids is 3. The molecular formula is C45H56N8O18S. The summed E-state index contributed by atoms with van der Waals surface area (Å²) < 4.78 is 61.2. The van der Waals surface area contributed by atoms with Crippen LogP contribution in [0, 0.1) is 33.6 Å². The highest BCUT2D eigenvalue weighted by Crippen LogP contribution is 2.25. The minimum absolute atomic E-state index is 0.0908. The zero-order valence-corrected chi connectivity index (χ0v) is 41.8. The number of nitrogens with zero attached hydrogens (tertiary/aromatic N) is 8. The van der Waals surface area contributed by atoms with Crippen LogP contribution in [-0.4, -0.2) is 143 Å². The molecule has 6 aromatic rings. The van der Waals surface area contributed by atoms with E-state index >= 15 is 0 Å². The molecule has 390 valence electrons. The number of aliphatic hydroxyl groups is 4. The topological polar surface area (TPSA) is 360 Å². The molecule has 6 atom stereocenters. The summed E-state index contributed by atoms with van der Waals surface area (Å²) >= 11 is 0. The molecule has 72 heavy (non-hydrogen) atoms. The molecule has 4 heterocycles. The predicted molar refractivity (Wildman–Crippen MR) is 250 cm³/mol. The zero-order chi connectivity index (χ0) is 53.4. The summed E-state index contributed by atoms with van der Waals surface area (Å²) in [6, 6.07) is 7.03. The second-order valence-electron chi connectivity index (χ2n) is 16.8. The summed E-state index contributed by atoms with van der Waals surface area (Å²) in [5.41, 5.74) is 3.56. The third kappa shape index (κ3) is 14.2. The second-order valence-corrected chi connectivity index (χ2v) is 18.4. The van der Waals surface area contributed by atoms with Crippen molar-refractivity contribution in [3.05, 3.63) is 78.9 Å². The summed E-state index contributed by atoms with van der Waals surface area (Å²) in [5, 5.41) is 46.4. The van der Waals surface area contributed by atoms with Gasteiger partial charge >= 0.3 is 17.9 Å². The van der Waals surface area contributed by atoms with E-state index in [1.165, 1.54) is 37.0 Å². The minimum atomic E-state index is -3.79. The van der Waals surface area contributed by atoms with Gasteiger partial charge in [0.05, 0.1) is 48.0 Å². The molecule has 0 aliphatic carbocycles. The van der Waals surface area contributed by atoms with E-state index in [-0.39, 0.29) is 61.1 Å². The molecule has 26 nitrogen and oxygen atoms in total. The molecule has 6 rings (SSSR count). The first-order valence-corrected chi connectivity index (χ1v) is 23.8. The third-order valence-corrected chi connectivity index (χ3v) is 11.7. The van der Waals surface area contributed by atoms with Gasteiger partial charge in [-0.2, -0.15) is 18.4 Å². The highest BCUT2D eigenvalue weighted by molar-refractivity contribution is 7.85. The smallest absolute Gasteiger partial charge is 0.303 e. The Morgan fingerprint density at radius 2 is 1.14 bits per heavy atom. The molecule has 4 aromatic heterocycles. The van der Waals surface area contributed by atoms with Gasteiger partial charge in [-0.3, -0.25) is 28.2 Å². The number of hydrogen-bond acceptors (Lipinski definition) is 24. The van der Waals surface area contributed by atoms with E-state index in [0.29, 0.717) is 22.1 Å². The van der Waals surface area contributed by atoms with E-state index < -0.39 is 88.8 Å². The number of ether oxygens (including phenoxy) is 4. The fourth-order valence-electron chi connectivity index (χ4n) is 7.05. The molecule has 0 saturated carbocycles. The first-order chi connectivity index (χ1) is 33.8. The Balaban J connectivity index is 0.000000282. The molecule has 0 amide bonds. The molecule has 0 fully saturated rings. The van der Waals surface area contributed by atoms with Crippen LogP contribution in [0.5, 0.6) is 0 Å². The minimum Gasteiger partial charge on any atom is -0.462 e. The molecule has 0 unspecified atom stereocenters. The number of aryl methyl sites for hydroxylation is 4. The van der Waals surface area contributed by atoms with Crippen molar-refractivity contribution in [2.45, 2.75) is 112 Å². The summed E-state index contributed by atoms with van der Waals surface area (Å²) in [4.78, 5) is 79.4. The number of carbonyl (C=O) groups is 3. The van der Waals surface area contributed by atoms with Gasteiger partial charge in [0, 0.05) is 33.8 Å². The lowest BCUT2D eigenvalue weighted by molar-refractivity contribution is -0.167. The number of aliphatic hydroxyl groups excluding tert-OH is 4. The Bertz CT molecular complexity index is 3170. The molecule has 4 N–H and O–H groups in total. The monoisotopic (exact) mass is 1030 g/mol. The van der Waals surface area contributed by atoms with E-state index in [1.807, 2.05) is 27.7 Å². The van der Waals surface area contributed by atoms with Crippen LogP contribution >= 0.6 is 0 Å². The maximum Gasteiger partial charge on any atom is 0.303 e.